The Morgan fingerprint density at radius 3 is 2.70 bits per heavy atom. The smallest absolute Gasteiger partial charge is 0.356 e. The molecule has 1 aromatic carbocycles. The number of carboxylic acids is 1. The number of carboxylic acid groups (broad SMARTS) is 1. The molecule has 3 aromatic rings. The lowest BCUT2D eigenvalue weighted by Gasteiger charge is -2.19. The van der Waals surface area contributed by atoms with Gasteiger partial charge in [0.1, 0.15) is 0 Å². The van der Waals surface area contributed by atoms with Gasteiger partial charge < -0.3 is 9.84 Å². The number of thiophene rings is 1. The highest BCUT2D eigenvalue weighted by molar-refractivity contribution is 7.17. The lowest BCUT2D eigenvalue weighted by Crippen LogP contribution is -2.13. The summed E-state index contributed by atoms with van der Waals surface area (Å²) >= 11 is 19.8. The average molecular weight is 442 g/mol. The van der Waals surface area contributed by atoms with Gasteiger partial charge in [0.25, 0.3) is 0 Å². The summed E-state index contributed by atoms with van der Waals surface area (Å²) in [6.45, 7) is 0.475. The molecule has 0 bridgehead atoms. The molecule has 0 atom stereocenters. The third-order valence-electron chi connectivity index (χ3n) is 4.04. The molecule has 1 aliphatic heterocycles. The van der Waals surface area contributed by atoms with Gasteiger partial charge >= 0.3 is 5.97 Å². The van der Waals surface area contributed by atoms with Crippen molar-refractivity contribution in [1.29, 1.82) is 0 Å². The maximum Gasteiger partial charge on any atom is 0.356 e. The van der Waals surface area contributed by atoms with Crippen molar-refractivity contribution in [3.8, 4) is 5.69 Å². The van der Waals surface area contributed by atoms with Gasteiger partial charge in [0.15, 0.2) is 5.69 Å². The minimum Gasteiger partial charge on any atom is -0.476 e. The van der Waals surface area contributed by atoms with Crippen LogP contribution in [0, 0.1) is 0 Å². The highest BCUT2D eigenvalue weighted by Crippen LogP contribution is 2.35. The second-order valence-electron chi connectivity index (χ2n) is 5.79. The molecule has 0 fully saturated rings. The highest BCUT2D eigenvalue weighted by Gasteiger charge is 2.29. The largest absolute Gasteiger partial charge is 0.476 e. The van der Waals surface area contributed by atoms with E-state index >= 15 is 0 Å². The number of nitrogens with zero attached hydrogens (tertiary/aromatic N) is 2. The first-order chi connectivity index (χ1) is 12.9. The van der Waals surface area contributed by atoms with Crippen LogP contribution >= 0.6 is 46.1 Å². The molecule has 0 unspecified atom stereocenters. The van der Waals surface area contributed by atoms with Gasteiger partial charge in [-0.1, -0.05) is 34.8 Å². The SMILES string of the molecule is O=C(O)c1nn(-c2ccc(Cl)cc2Cl)c2c1COC/C2=C\c1ccc(Cl)s1. The van der Waals surface area contributed by atoms with Crippen molar-refractivity contribution >= 4 is 63.8 Å². The van der Waals surface area contributed by atoms with Crippen LogP contribution < -0.4 is 0 Å². The Hall–Kier alpha value is -1.83. The summed E-state index contributed by atoms with van der Waals surface area (Å²) in [6.07, 6.45) is 1.92. The maximum atomic E-state index is 11.7. The number of ether oxygens (including phenoxy) is 1. The number of aromatic nitrogens is 2. The fourth-order valence-electron chi connectivity index (χ4n) is 2.94. The van der Waals surface area contributed by atoms with E-state index in [0.29, 0.717) is 37.9 Å². The summed E-state index contributed by atoms with van der Waals surface area (Å²) in [6, 6.07) is 8.67. The minimum atomic E-state index is -1.13. The van der Waals surface area contributed by atoms with Crippen molar-refractivity contribution in [2.24, 2.45) is 0 Å². The normalized spacial score (nSPS) is 15.1. The van der Waals surface area contributed by atoms with Crippen molar-refractivity contribution in [3.63, 3.8) is 0 Å². The molecule has 0 saturated heterocycles. The van der Waals surface area contributed by atoms with Crippen LogP contribution in [0.4, 0.5) is 0 Å². The van der Waals surface area contributed by atoms with Gasteiger partial charge in [-0.15, -0.1) is 11.3 Å². The number of hydrogen-bond acceptors (Lipinski definition) is 4. The number of aromatic carboxylic acids is 1. The van der Waals surface area contributed by atoms with Crippen molar-refractivity contribution < 1.29 is 14.6 Å². The van der Waals surface area contributed by atoms with E-state index in [9.17, 15) is 9.90 Å². The molecule has 138 valence electrons. The topological polar surface area (TPSA) is 64.3 Å². The first-order valence-electron chi connectivity index (χ1n) is 7.78. The van der Waals surface area contributed by atoms with Gasteiger partial charge in [-0.3, -0.25) is 0 Å². The Balaban J connectivity index is 1.95. The second kappa shape index (κ2) is 7.30. The standard InChI is InChI=1S/C18H11Cl3N2O3S/c19-10-1-3-14(13(20)6-10)23-17-9(5-11-2-4-15(21)27-11)7-26-8-12(17)16(22-23)18(24)25/h1-6H,7-8H2,(H,24,25)/b9-5+. The summed E-state index contributed by atoms with van der Waals surface area (Å²) in [5.74, 6) is -1.13. The monoisotopic (exact) mass is 440 g/mol. The Labute approximate surface area is 173 Å². The molecule has 4 rings (SSSR count). The lowest BCUT2D eigenvalue weighted by atomic mass is 10.0. The fourth-order valence-corrected chi connectivity index (χ4v) is 4.45. The van der Waals surface area contributed by atoms with Crippen molar-refractivity contribution in [3.05, 3.63) is 66.5 Å². The molecule has 2 aromatic heterocycles. The van der Waals surface area contributed by atoms with Gasteiger partial charge in [0.2, 0.25) is 0 Å². The van der Waals surface area contributed by atoms with E-state index < -0.39 is 5.97 Å². The Morgan fingerprint density at radius 2 is 2.04 bits per heavy atom. The Kier molecular flexibility index (Phi) is 5.01. The maximum absolute atomic E-state index is 11.7. The Morgan fingerprint density at radius 1 is 1.22 bits per heavy atom. The van der Waals surface area contributed by atoms with E-state index in [-0.39, 0.29) is 12.3 Å². The van der Waals surface area contributed by atoms with E-state index in [4.69, 9.17) is 39.5 Å². The predicted molar refractivity (Wildman–Crippen MR) is 107 cm³/mol. The van der Waals surface area contributed by atoms with Crippen LogP contribution in [0.5, 0.6) is 0 Å². The first-order valence-corrected chi connectivity index (χ1v) is 9.73. The third-order valence-corrected chi connectivity index (χ3v) is 5.76. The zero-order valence-corrected chi connectivity index (χ0v) is 16.7. The number of fused-ring (bicyclic) bond motifs is 1. The van der Waals surface area contributed by atoms with Gasteiger partial charge in [-0.2, -0.15) is 5.10 Å². The minimum absolute atomic E-state index is 0.0640. The summed E-state index contributed by atoms with van der Waals surface area (Å²) < 4.78 is 7.82. The van der Waals surface area contributed by atoms with Crippen molar-refractivity contribution in [2.45, 2.75) is 6.61 Å². The summed E-state index contributed by atoms with van der Waals surface area (Å²) in [5, 5.41) is 14.7. The number of carbonyl (C=O) groups is 1. The van der Waals surface area contributed by atoms with Crippen LogP contribution in [0.1, 0.15) is 26.6 Å². The van der Waals surface area contributed by atoms with E-state index in [0.717, 1.165) is 10.5 Å². The lowest BCUT2D eigenvalue weighted by molar-refractivity contribution is 0.0683. The number of benzene rings is 1. The van der Waals surface area contributed by atoms with Gasteiger partial charge in [-0.25, -0.2) is 9.48 Å². The van der Waals surface area contributed by atoms with Crippen LogP contribution in [0.15, 0.2) is 30.3 Å². The molecule has 1 aliphatic rings. The zero-order chi connectivity index (χ0) is 19.1. The molecular weight excluding hydrogens is 431 g/mol. The molecule has 5 nitrogen and oxygen atoms in total. The van der Waals surface area contributed by atoms with Crippen LogP contribution in [-0.4, -0.2) is 27.5 Å². The van der Waals surface area contributed by atoms with Gasteiger partial charge in [0.05, 0.1) is 34.0 Å². The van der Waals surface area contributed by atoms with E-state index in [1.54, 1.807) is 28.9 Å². The summed E-state index contributed by atoms with van der Waals surface area (Å²) in [5.41, 5.74) is 2.44. The van der Waals surface area contributed by atoms with E-state index in [1.165, 1.54) is 11.3 Å². The molecule has 0 amide bonds. The number of halogens is 3. The number of hydrogen-bond donors (Lipinski definition) is 1. The molecule has 27 heavy (non-hydrogen) atoms. The van der Waals surface area contributed by atoms with Crippen LogP contribution in [0.2, 0.25) is 14.4 Å². The molecule has 0 radical (unpaired) electrons. The molecule has 0 spiro atoms. The number of rotatable bonds is 3. The van der Waals surface area contributed by atoms with E-state index in [1.807, 2.05) is 12.1 Å². The third kappa shape index (κ3) is 3.51. The molecule has 3 heterocycles. The van der Waals surface area contributed by atoms with Crippen molar-refractivity contribution in [1.82, 2.24) is 9.78 Å². The van der Waals surface area contributed by atoms with Gasteiger partial charge in [0, 0.05) is 21.0 Å². The second-order valence-corrected chi connectivity index (χ2v) is 8.38. The highest BCUT2D eigenvalue weighted by atomic mass is 35.5. The van der Waals surface area contributed by atoms with Crippen molar-refractivity contribution in [2.75, 3.05) is 6.61 Å². The molecule has 9 heteroatoms. The zero-order valence-electron chi connectivity index (χ0n) is 13.6. The first kappa shape index (κ1) is 18.5. The molecule has 1 N–H and O–H groups in total. The predicted octanol–water partition coefficient (Wildman–Crippen LogP) is 5.66. The van der Waals surface area contributed by atoms with Crippen LogP contribution in [0.3, 0.4) is 0 Å². The average Bonchev–Trinajstić information content (AvgIpc) is 3.19. The summed E-state index contributed by atoms with van der Waals surface area (Å²) in [4.78, 5) is 12.6. The van der Waals surface area contributed by atoms with Crippen LogP contribution in [-0.2, 0) is 11.3 Å². The van der Waals surface area contributed by atoms with Crippen LogP contribution in [0.25, 0.3) is 17.3 Å². The Bertz CT molecular complexity index is 1090. The molecular formula is C18H11Cl3N2O3S. The molecule has 0 aliphatic carbocycles. The fraction of sp³-hybridized carbons (Fsp3) is 0.111. The van der Waals surface area contributed by atoms with E-state index in [2.05, 4.69) is 5.10 Å². The summed E-state index contributed by atoms with van der Waals surface area (Å²) in [7, 11) is 0. The quantitative estimate of drug-likeness (QED) is 0.569. The van der Waals surface area contributed by atoms with Gasteiger partial charge in [-0.05, 0) is 36.4 Å². The molecule has 0 saturated carbocycles.